The normalized spacial score (nSPS) is 11.3. The number of carbonyl (C=O) groups excluding carboxylic acids is 3. The molecule has 0 bridgehead atoms. The van der Waals surface area contributed by atoms with Gasteiger partial charge >= 0.3 is 12.4 Å². The first-order valence-corrected chi connectivity index (χ1v) is 24.3. The summed E-state index contributed by atoms with van der Waals surface area (Å²) in [5.74, 6) is -0.812. The number of nitrogens with one attached hydrogen (secondary N) is 3. The molecule has 390 valence electrons. The van der Waals surface area contributed by atoms with Crippen molar-refractivity contribution in [1.29, 1.82) is 0 Å². The molecule has 3 aromatic carbocycles. The number of halogens is 8. The molecule has 27 heteroatoms. The van der Waals surface area contributed by atoms with Gasteiger partial charge in [0.25, 0.3) is 0 Å². The third kappa shape index (κ3) is 15.9. The number of nitrogens with zero attached hydrogens (tertiary/aromatic N) is 9. The highest BCUT2D eigenvalue weighted by Gasteiger charge is 2.34. The average molecular weight is 1100 g/mol. The van der Waals surface area contributed by atoms with Crippen LogP contribution in [0.2, 0.25) is 0 Å². The van der Waals surface area contributed by atoms with E-state index >= 15 is 0 Å². The van der Waals surface area contributed by atoms with Crippen LogP contribution in [-0.4, -0.2) is 69.1 Å². The monoisotopic (exact) mass is 1100 g/mol. The van der Waals surface area contributed by atoms with Gasteiger partial charge in [-0.1, -0.05) is 42.6 Å². The summed E-state index contributed by atoms with van der Waals surface area (Å²) in [6, 6.07) is 23.9. The lowest BCUT2D eigenvalue weighted by atomic mass is 10.2. The van der Waals surface area contributed by atoms with Gasteiger partial charge in [0, 0.05) is 35.7 Å². The zero-order valence-corrected chi connectivity index (χ0v) is 41.7. The van der Waals surface area contributed by atoms with Gasteiger partial charge in [-0.3, -0.25) is 14.4 Å². The minimum atomic E-state index is -4.49. The van der Waals surface area contributed by atoms with Crippen LogP contribution in [0.15, 0.2) is 128 Å². The second-order valence-corrected chi connectivity index (χ2v) is 19.0. The molecule has 0 fully saturated rings. The van der Waals surface area contributed by atoms with Crippen LogP contribution in [-0.2, 0) is 46.0 Å². The van der Waals surface area contributed by atoms with Gasteiger partial charge in [0.1, 0.15) is 27.1 Å². The quantitative estimate of drug-likeness (QED) is 0.0884. The van der Waals surface area contributed by atoms with E-state index in [0.717, 1.165) is 16.3 Å². The van der Waals surface area contributed by atoms with Crippen LogP contribution < -0.4 is 20.7 Å². The zero-order chi connectivity index (χ0) is 53.9. The van der Waals surface area contributed by atoms with Crippen molar-refractivity contribution >= 4 is 67.1 Å². The Hall–Kier alpha value is -8.17. The molecule has 0 aliphatic heterocycles. The number of rotatable bonds is 14. The highest BCUT2D eigenvalue weighted by atomic mass is 32.1. The van der Waals surface area contributed by atoms with Crippen molar-refractivity contribution in [2.75, 3.05) is 23.1 Å². The van der Waals surface area contributed by atoms with Crippen molar-refractivity contribution in [1.82, 2.24) is 44.3 Å². The molecule has 0 radical (unpaired) electrons. The van der Waals surface area contributed by atoms with Crippen LogP contribution in [0, 0.1) is 11.6 Å². The maximum absolute atomic E-state index is 13.0. The van der Waals surface area contributed by atoms with E-state index in [1.54, 1.807) is 83.7 Å². The first-order valence-electron chi connectivity index (χ1n) is 21.9. The molecule has 9 aromatic rings. The van der Waals surface area contributed by atoms with Gasteiger partial charge in [0.2, 0.25) is 17.7 Å². The Morgan fingerprint density at radius 3 is 1.29 bits per heavy atom. The number of amides is 3. The van der Waals surface area contributed by atoms with Gasteiger partial charge in [-0.05, 0) is 84.8 Å². The standard InChI is InChI=1S/C17H17FN4OS.C16H13F3N4O2S.C15H10F4N4OS/c1-11(2)15-10-19-17(24-15)20-16(23)9-13-7-8-22(21-13)14-5-3-12(18)4-6-14;1-25-12-4-2-3-11(8-12)23-6-5-10(22-23)7-14(24)21-15-20-9-13(26-15)16(17,18)19;16-9-1-3-11(4-2-9)23-6-5-10(22-23)7-13(24)21-14-20-8-12(25-14)15(17,18)19/h3-8,10-11H,9H2,1-2H3,(H,19,20,23);2-6,8-9H,7H2,1H3,(H,20,21,24);1-6,8H,7H2,(H,20,21,24). The van der Waals surface area contributed by atoms with Crippen molar-refractivity contribution in [3.63, 3.8) is 0 Å². The number of hydrogen-bond acceptors (Lipinski definition) is 13. The summed E-state index contributed by atoms with van der Waals surface area (Å²) in [5.41, 5.74) is 3.63. The van der Waals surface area contributed by atoms with Crippen LogP contribution in [0.25, 0.3) is 17.1 Å². The minimum absolute atomic E-state index is 0.0854. The Morgan fingerprint density at radius 1 is 0.547 bits per heavy atom. The molecule has 0 aliphatic carbocycles. The molecule has 9 rings (SSSR count). The summed E-state index contributed by atoms with van der Waals surface area (Å²) in [5, 5.41) is 20.6. The van der Waals surface area contributed by atoms with Gasteiger partial charge in [-0.15, -0.1) is 11.3 Å². The van der Waals surface area contributed by atoms with E-state index in [2.05, 4.69) is 60.0 Å². The van der Waals surface area contributed by atoms with E-state index in [1.165, 1.54) is 52.4 Å². The molecule has 0 aliphatic rings. The Balaban J connectivity index is 0.000000164. The van der Waals surface area contributed by atoms with Gasteiger partial charge in [-0.2, -0.15) is 41.6 Å². The number of carbonyl (C=O) groups is 3. The van der Waals surface area contributed by atoms with Gasteiger partial charge < -0.3 is 20.7 Å². The first kappa shape index (κ1) is 54.6. The minimum Gasteiger partial charge on any atom is -0.497 e. The molecule has 3 amide bonds. The number of ether oxygens (including phenoxy) is 1. The summed E-state index contributed by atoms with van der Waals surface area (Å²) in [6.45, 7) is 4.17. The molecular formula is C48H40F8N12O4S3. The first-order chi connectivity index (χ1) is 35.7. The maximum atomic E-state index is 13.0. The van der Waals surface area contributed by atoms with Crippen molar-refractivity contribution in [2.45, 2.75) is 51.4 Å². The predicted octanol–water partition coefficient (Wildman–Crippen LogP) is 11.0. The van der Waals surface area contributed by atoms with Crippen LogP contribution in [0.4, 0.5) is 50.5 Å². The summed E-state index contributed by atoms with van der Waals surface area (Å²) in [7, 11) is 1.56. The molecule has 0 unspecified atom stereocenters. The lowest BCUT2D eigenvalue weighted by molar-refractivity contribution is -0.135. The Labute approximate surface area is 432 Å². The molecule has 6 heterocycles. The SMILES string of the molecule is CC(C)c1cnc(NC(=O)Cc2ccn(-c3ccc(F)cc3)n2)s1.COc1cccc(-n2ccc(CC(=O)Nc3ncc(C(F)(F)F)s3)n2)c1.O=C(Cc1ccn(-c2ccc(F)cc2)n1)Nc1ncc(C(F)(F)F)s1. The summed E-state index contributed by atoms with van der Waals surface area (Å²) in [4.78, 5) is 46.7. The van der Waals surface area contributed by atoms with E-state index in [1.807, 2.05) is 12.1 Å². The average Bonchev–Trinajstić information content (AvgIpc) is 4.23. The summed E-state index contributed by atoms with van der Waals surface area (Å²) >= 11 is 2.21. The van der Waals surface area contributed by atoms with Gasteiger partial charge in [0.15, 0.2) is 15.4 Å². The van der Waals surface area contributed by atoms with E-state index in [9.17, 15) is 49.5 Å². The fourth-order valence-electron chi connectivity index (χ4n) is 6.26. The van der Waals surface area contributed by atoms with Crippen molar-refractivity contribution in [3.8, 4) is 22.8 Å². The fraction of sp³-hybridized carbons (Fsp3) is 0.188. The highest BCUT2D eigenvalue weighted by Crippen LogP contribution is 2.36. The molecule has 3 N–H and O–H groups in total. The lowest BCUT2D eigenvalue weighted by Gasteiger charge is -2.04. The number of aromatic nitrogens is 9. The van der Waals surface area contributed by atoms with Crippen molar-refractivity contribution in [2.24, 2.45) is 0 Å². The molecule has 75 heavy (non-hydrogen) atoms. The van der Waals surface area contributed by atoms with Crippen LogP contribution in [0.1, 0.15) is 51.5 Å². The van der Waals surface area contributed by atoms with Crippen LogP contribution in [0.3, 0.4) is 0 Å². The molecule has 0 saturated heterocycles. The molecule has 0 spiro atoms. The smallest absolute Gasteiger partial charge is 0.427 e. The number of anilines is 3. The molecule has 6 aromatic heterocycles. The number of thiazole rings is 3. The fourth-order valence-corrected chi connectivity index (χ4v) is 8.50. The van der Waals surface area contributed by atoms with Crippen molar-refractivity contribution < 1.29 is 54.2 Å². The molecule has 16 nitrogen and oxygen atoms in total. The Bertz CT molecular complexity index is 3340. The third-order valence-electron chi connectivity index (χ3n) is 9.86. The summed E-state index contributed by atoms with van der Waals surface area (Å²) < 4.78 is 111. The van der Waals surface area contributed by atoms with E-state index in [0.29, 0.717) is 74.6 Å². The number of alkyl halides is 6. The second-order valence-electron chi connectivity index (χ2n) is 15.9. The Kier molecular flexibility index (Phi) is 17.6. The lowest BCUT2D eigenvalue weighted by Crippen LogP contribution is -2.14. The second kappa shape index (κ2) is 24.2. The zero-order valence-electron chi connectivity index (χ0n) is 39.2. The van der Waals surface area contributed by atoms with E-state index in [-0.39, 0.29) is 47.1 Å². The summed E-state index contributed by atoms with van der Waals surface area (Å²) in [6.07, 6.45) is -0.849. The predicted molar refractivity (Wildman–Crippen MR) is 265 cm³/mol. The maximum Gasteiger partial charge on any atom is 0.427 e. The topological polar surface area (TPSA) is 189 Å². The Morgan fingerprint density at radius 2 is 0.933 bits per heavy atom. The number of benzene rings is 3. The van der Waals surface area contributed by atoms with Crippen molar-refractivity contribution in [3.05, 3.63) is 172 Å². The largest absolute Gasteiger partial charge is 0.497 e. The number of hydrogen-bond donors (Lipinski definition) is 3. The molecule has 0 atom stereocenters. The van der Waals surface area contributed by atoms with Gasteiger partial charge in [-0.25, -0.2) is 37.8 Å². The third-order valence-corrected chi connectivity index (χ3v) is 13.0. The van der Waals surface area contributed by atoms with E-state index < -0.39 is 33.9 Å². The van der Waals surface area contributed by atoms with Crippen LogP contribution >= 0.6 is 34.0 Å². The molecule has 0 saturated carbocycles. The molecular weight excluding hydrogens is 1060 g/mol. The highest BCUT2D eigenvalue weighted by molar-refractivity contribution is 7.16. The number of methoxy groups -OCH3 is 1. The van der Waals surface area contributed by atoms with Crippen LogP contribution in [0.5, 0.6) is 5.75 Å². The van der Waals surface area contributed by atoms with Gasteiger partial charge in [0.05, 0.1) is 72.9 Å². The van der Waals surface area contributed by atoms with E-state index in [4.69, 9.17) is 4.74 Å².